The highest BCUT2D eigenvalue weighted by molar-refractivity contribution is 5.96. The number of hydrogen-bond donors (Lipinski definition) is 1. The summed E-state index contributed by atoms with van der Waals surface area (Å²) in [6, 6.07) is 11.0. The maximum Gasteiger partial charge on any atom is 0.342 e. The number of benzene rings is 2. The Bertz CT molecular complexity index is 746. The Morgan fingerprint density at radius 2 is 1.92 bits per heavy atom. The van der Waals surface area contributed by atoms with E-state index >= 15 is 0 Å². The van der Waals surface area contributed by atoms with Crippen LogP contribution in [0.5, 0.6) is 5.75 Å². The van der Waals surface area contributed by atoms with Crippen molar-refractivity contribution in [3.05, 3.63) is 59.4 Å². The second kappa shape index (κ2) is 8.10. The monoisotopic (exact) mass is 331 g/mol. The molecule has 0 spiro atoms. The summed E-state index contributed by atoms with van der Waals surface area (Å²) in [5, 5.41) is 2.36. The van der Waals surface area contributed by atoms with Crippen LogP contribution in [0.25, 0.3) is 0 Å². The number of ether oxygens (including phenoxy) is 2. The standard InChI is InChI=1S/C18H18FNO4/c1-3-23-16-7-5-4-6-13(16)18(22)24-11-17(21)20-15-9-8-12(2)10-14(15)19/h4-10H,3,11H2,1-2H3,(H,20,21). The van der Waals surface area contributed by atoms with Gasteiger partial charge in [-0.05, 0) is 43.7 Å². The Kier molecular flexibility index (Phi) is 5.89. The third-order valence-corrected chi connectivity index (χ3v) is 3.14. The molecule has 2 aromatic carbocycles. The third-order valence-electron chi connectivity index (χ3n) is 3.14. The molecule has 0 saturated heterocycles. The minimum Gasteiger partial charge on any atom is -0.493 e. The number of esters is 1. The van der Waals surface area contributed by atoms with E-state index in [1.165, 1.54) is 12.1 Å². The predicted octanol–water partition coefficient (Wildman–Crippen LogP) is 3.33. The minimum absolute atomic E-state index is 0.0383. The number of rotatable bonds is 6. The molecule has 0 atom stereocenters. The van der Waals surface area contributed by atoms with Crippen molar-refractivity contribution in [2.45, 2.75) is 13.8 Å². The van der Waals surface area contributed by atoms with Gasteiger partial charge in [-0.15, -0.1) is 0 Å². The van der Waals surface area contributed by atoms with Crippen LogP contribution < -0.4 is 10.1 Å². The summed E-state index contributed by atoms with van der Waals surface area (Å²) >= 11 is 0. The fraction of sp³-hybridized carbons (Fsp3) is 0.222. The zero-order valence-electron chi connectivity index (χ0n) is 13.5. The quantitative estimate of drug-likeness (QED) is 0.825. The van der Waals surface area contributed by atoms with Crippen molar-refractivity contribution in [1.29, 1.82) is 0 Å². The molecule has 0 radical (unpaired) electrons. The fourth-order valence-corrected chi connectivity index (χ4v) is 2.03. The molecule has 2 rings (SSSR count). The number of halogens is 1. The van der Waals surface area contributed by atoms with Crippen LogP contribution >= 0.6 is 0 Å². The number of amides is 1. The molecule has 0 aliphatic rings. The number of nitrogens with one attached hydrogen (secondary N) is 1. The van der Waals surface area contributed by atoms with Crippen LogP contribution in [-0.4, -0.2) is 25.1 Å². The molecular formula is C18H18FNO4. The number of carbonyl (C=O) groups is 2. The molecule has 24 heavy (non-hydrogen) atoms. The second-order valence-corrected chi connectivity index (χ2v) is 5.04. The molecule has 126 valence electrons. The Hall–Kier alpha value is -2.89. The van der Waals surface area contributed by atoms with Gasteiger partial charge >= 0.3 is 5.97 Å². The van der Waals surface area contributed by atoms with E-state index in [0.29, 0.717) is 12.4 Å². The first kappa shape index (κ1) is 17.5. The van der Waals surface area contributed by atoms with Gasteiger partial charge in [0.25, 0.3) is 5.91 Å². The molecule has 0 unspecified atom stereocenters. The van der Waals surface area contributed by atoms with E-state index in [1.807, 2.05) is 0 Å². The topological polar surface area (TPSA) is 64.6 Å². The number of anilines is 1. The van der Waals surface area contributed by atoms with E-state index in [9.17, 15) is 14.0 Å². The minimum atomic E-state index is -0.682. The van der Waals surface area contributed by atoms with Crippen molar-refractivity contribution in [2.24, 2.45) is 0 Å². The summed E-state index contributed by atoms with van der Waals surface area (Å²) in [6.07, 6.45) is 0. The lowest BCUT2D eigenvalue weighted by molar-refractivity contribution is -0.119. The average molecular weight is 331 g/mol. The van der Waals surface area contributed by atoms with Crippen molar-refractivity contribution in [2.75, 3.05) is 18.5 Å². The summed E-state index contributed by atoms with van der Waals surface area (Å²) in [7, 11) is 0. The van der Waals surface area contributed by atoms with Crippen LogP contribution in [0.4, 0.5) is 10.1 Å². The summed E-state index contributed by atoms with van der Waals surface area (Å²) in [6.45, 7) is 3.42. The molecule has 6 heteroatoms. The summed E-state index contributed by atoms with van der Waals surface area (Å²) in [5.74, 6) is -1.47. The van der Waals surface area contributed by atoms with E-state index in [0.717, 1.165) is 5.56 Å². The zero-order valence-corrected chi connectivity index (χ0v) is 13.5. The first-order valence-corrected chi connectivity index (χ1v) is 7.46. The summed E-state index contributed by atoms with van der Waals surface area (Å²) in [4.78, 5) is 23.9. The van der Waals surface area contributed by atoms with Crippen molar-refractivity contribution >= 4 is 17.6 Å². The SMILES string of the molecule is CCOc1ccccc1C(=O)OCC(=O)Nc1ccc(C)cc1F. The van der Waals surface area contributed by atoms with E-state index in [2.05, 4.69) is 5.32 Å². The Morgan fingerprint density at radius 3 is 2.62 bits per heavy atom. The third kappa shape index (κ3) is 4.55. The van der Waals surface area contributed by atoms with Gasteiger partial charge in [-0.2, -0.15) is 0 Å². The Labute approximate surface area is 139 Å². The van der Waals surface area contributed by atoms with Crippen LogP contribution in [0.15, 0.2) is 42.5 Å². The van der Waals surface area contributed by atoms with Gasteiger partial charge in [0.1, 0.15) is 17.1 Å². The lowest BCUT2D eigenvalue weighted by Gasteiger charge is -2.10. The van der Waals surface area contributed by atoms with E-state index < -0.39 is 24.3 Å². The molecule has 1 amide bonds. The molecule has 0 bridgehead atoms. The lowest BCUT2D eigenvalue weighted by atomic mass is 10.2. The highest BCUT2D eigenvalue weighted by Crippen LogP contribution is 2.19. The molecule has 1 N–H and O–H groups in total. The van der Waals surface area contributed by atoms with Gasteiger partial charge in [0, 0.05) is 0 Å². The smallest absolute Gasteiger partial charge is 0.342 e. The Balaban J connectivity index is 1.95. The highest BCUT2D eigenvalue weighted by Gasteiger charge is 2.15. The first-order chi connectivity index (χ1) is 11.5. The largest absolute Gasteiger partial charge is 0.493 e. The zero-order chi connectivity index (χ0) is 17.5. The Morgan fingerprint density at radius 1 is 1.17 bits per heavy atom. The van der Waals surface area contributed by atoms with Gasteiger partial charge in [0.15, 0.2) is 6.61 Å². The van der Waals surface area contributed by atoms with Crippen LogP contribution in [0.1, 0.15) is 22.8 Å². The van der Waals surface area contributed by atoms with Crippen molar-refractivity contribution in [1.82, 2.24) is 0 Å². The van der Waals surface area contributed by atoms with E-state index in [4.69, 9.17) is 9.47 Å². The number of hydrogen-bond acceptors (Lipinski definition) is 4. The van der Waals surface area contributed by atoms with Gasteiger partial charge in [-0.3, -0.25) is 4.79 Å². The van der Waals surface area contributed by atoms with Crippen LogP contribution in [0, 0.1) is 12.7 Å². The first-order valence-electron chi connectivity index (χ1n) is 7.46. The molecule has 0 aliphatic heterocycles. The maximum atomic E-state index is 13.7. The maximum absolute atomic E-state index is 13.7. The number of para-hydroxylation sites is 1. The molecule has 0 heterocycles. The molecule has 0 fully saturated rings. The van der Waals surface area contributed by atoms with E-state index in [-0.39, 0.29) is 11.3 Å². The van der Waals surface area contributed by atoms with Gasteiger partial charge in [0.2, 0.25) is 0 Å². The lowest BCUT2D eigenvalue weighted by Crippen LogP contribution is -2.21. The van der Waals surface area contributed by atoms with Crippen molar-refractivity contribution in [3.63, 3.8) is 0 Å². The molecular weight excluding hydrogens is 313 g/mol. The molecule has 0 aliphatic carbocycles. The van der Waals surface area contributed by atoms with Crippen molar-refractivity contribution < 1.29 is 23.5 Å². The molecule has 0 aromatic heterocycles. The van der Waals surface area contributed by atoms with Crippen LogP contribution in [-0.2, 0) is 9.53 Å². The average Bonchev–Trinajstić information content (AvgIpc) is 2.56. The number of aryl methyl sites for hydroxylation is 1. The normalized spacial score (nSPS) is 10.1. The molecule has 2 aromatic rings. The van der Waals surface area contributed by atoms with Crippen molar-refractivity contribution in [3.8, 4) is 5.75 Å². The summed E-state index contributed by atoms with van der Waals surface area (Å²) < 4.78 is 24.0. The fourth-order valence-electron chi connectivity index (χ4n) is 2.03. The summed E-state index contributed by atoms with van der Waals surface area (Å²) in [5.41, 5.74) is 1.01. The van der Waals surface area contributed by atoms with Gasteiger partial charge in [0.05, 0.1) is 12.3 Å². The van der Waals surface area contributed by atoms with Crippen LogP contribution in [0.3, 0.4) is 0 Å². The van der Waals surface area contributed by atoms with Gasteiger partial charge in [-0.25, -0.2) is 9.18 Å². The van der Waals surface area contributed by atoms with Gasteiger partial charge < -0.3 is 14.8 Å². The highest BCUT2D eigenvalue weighted by atomic mass is 19.1. The molecule has 5 nitrogen and oxygen atoms in total. The number of carbonyl (C=O) groups excluding carboxylic acids is 2. The second-order valence-electron chi connectivity index (χ2n) is 5.04. The predicted molar refractivity (Wildman–Crippen MR) is 87.7 cm³/mol. The molecule has 0 saturated carbocycles. The van der Waals surface area contributed by atoms with Gasteiger partial charge in [-0.1, -0.05) is 18.2 Å². The van der Waals surface area contributed by atoms with E-state index in [1.54, 1.807) is 44.2 Å². The van der Waals surface area contributed by atoms with Crippen LogP contribution in [0.2, 0.25) is 0 Å².